The molecule has 2 aromatic carbocycles. The number of aryl methyl sites for hydroxylation is 1. The lowest BCUT2D eigenvalue weighted by atomic mass is 9.84. The Hall–Kier alpha value is -3.41. The number of amides is 2. The van der Waals surface area contributed by atoms with Gasteiger partial charge in [0.25, 0.3) is 0 Å². The summed E-state index contributed by atoms with van der Waals surface area (Å²) in [4.78, 5) is 26.8. The maximum absolute atomic E-state index is 13.7. The van der Waals surface area contributed by atoms with Gasteiger partial charge in [-0.05, 0) is 41.9 Å². The molecule has 0 fully saturated rings. The molecule has 3 rings (SSSR count). The topological polar surface area (TPSA) is 76.0 Å². The molecule has 0 aliphatic carbocycles. The zero-order valence-corrected chi connectivity index (χ0v) is 24.3. The van der Waals surface area contributed by atoms with Crippen LogP contribution in [0.4, 0.5) is 5.82 Å². The van der Waals surface area contributed by atoms with Crippen LogP contribution in [0.25, 0.3) is 5.69 Å². The highest BCUT2D eigenvalue weighted by molar-refractivity contribution is 5.97. The third-order valence-corrected chi connectivity index (χ3v) is 6.50. The van der Waals surface area contributed by atoms with Crippen LogP contribution in [-0.2, 0) is 21.4 Å². The van der Waals surface area contributed by atoms with Crippen LogP contribution >= 0.6 is 0 Å². The average Bonchev–Trinajstić information content (AvgIpc) is 3.22. The highest BCUT2D eigenvalue weighted by Crippen LogP contribution is 2.28. The number of carbonyl (C=O) groups excluding carboxylic acids is 2. The molecule has 2 N–H and O–H groups in total. The molecule has 1 heterocycles. The number of anilines is 1. The second-order valence-corrected chi connectivity index (χ2v) is 12.7. The zero-order chi connectivity index (χ0) is 28.1. The Kier molecular flexibility index (Phi) is 9.18. The summed E-state index contributed by atoms with van der Waals surface area (Å²) < 4.78 is 1.79. The minimum absolute atomic E-state index is 0.111. The van der Waals surface area contributed by atoms with Crippen molar-refractivity contribution in [2.45, 2.75) is 86.1 Å². The van der Waals surface area contributed by atoms with Gasteiger partial charge in [0.1, 0.15) is 11.9 Å². The van der Waals surface area contributed by atoms with Crippen LogP contribution in [0.5, 0.6) is 0 Å². The van der Waals surface area contributed by atoms with Crippen LogP contribution in [-0.4, -0.2) is 27.6 Å². The Labute approximate surface area is 228 Å². The lowest BCUT2D eigenvalue weighted by Gasteiger charge is -2.24. The molecular weight excluding hydrogens is 472 g/mol. The van der Waals surface area contributed by atoms with E-state index in [9.17, 15) is 9.59 Å². The van der Waals surface area contributed by atoms with Gasteiger partial charge >= 0.3 is 0 Å². The molecule has 2 atom stereocenters. The number of hydrogen-bond acceptors (Lipinski definition) is 3. The second-order valence-electron chi connectivity index (χ2n) is 12.7. The normalized spacial score (nSPS) is 13.6. The average molecular weight is 517 g/mol. The number of benzene rings is 2. The van der Waals surface area contributed by atoms with Crippen molar-refractivity contribution < 1.29 is 9.59 Å². The van der Waals surface area contributed by atoms with Crippen molar-refractivity contribution in [3.05, 3.63) is 77.5 Å². The first kappa shape index (κ1) is 29.2. The first-order chi connectivity index (χ1) is 17.7. The van der Waals surface area contributed by atoms with E-state index in [0.29, 0.717) is 18.7 Å². The smallest absolute Gasteiger partial charge is 0.248 e. The van der Waals surface area contributed by atoms with Gasteiger partial charge in [0.15, 0.2) is 0 Å². The molecule has 0 bridgehead atoms. The zero-order valence-electron chi connectivity index (χ0n) is 24.3. The summed E-state index contributed by atoms with van der Waals surface area (Å²) in [5.41, 5.74) is 3.74. The molecule has 0 saturated heterocycles. The Morgan fingerprint density at radius 3 is 2.18 bits per heavy atom. The van der Waals surface area contributed by atoms with Crippen molar-refractivity contribution in [2.75, 3.05) is 5.32 Å². The first-order valence-electron chi connectivity index (χ1n) is 13.5. The molecule has 0 saturated carbocycles. The maximum atomic E-state index is 13.7. The van der Waals surface area contributed by atoms with Crippen molar-refractivity contribution in [1.82, 2.24) is 15.1 Å². The molecule has 0 spiro atoms. The number of rotatable bonds is 9. The SMILES string of the molecule is Cc1ccccc1-n1nc(C(C)(C)C)cc1NC(=O)C(Cc1ccccc1)NC(=O)CC(C)CC(C)(C)C. The van der Waals surface area contributed by atoms with Gasteiger partial charge in [-0.25, -0.2) is 4.68 Å². The van der Waals surface area contributed by atoms with Crippen molar-refractivity contribution >= 4 is 17.6 Å². The van der Waals surface area contributed by atoms with Crippen molar-refractivity contribution in [2.24, 2.45) is 11.3 Å². The molecule has 204 valence electrons. The summed E-state index contributed by atoms with van der Waals surface area (Å²) in [5.74, 6) is 0.427. The molecule has 3 aromatic rings. The van der Waals surface area contributed by atoms with Crippen molar-refractivity contribution in [3.63, 3.8) is 0 Å². The molecule has 6 nitrogen and oxygen atoms in total. The van der Waals surface area contributed by atoms with Crippen LogP contribution in [0.3, 0.4) is 0 Å². The Balaban J connectivity index is 1.88. The van der Waals surface area contributed by atoms with E-state index in [1.54, 1.807) is 4.68 Å². The lowest BCUT2D eigenvalue weighted by molar-refractivity contribution is -0.127. The van der Waals surface area contributed by atoms with E-state index in [2.05, 4.69) is 59.1 Å². The minimum atomic E-state index is -0.718. The van der Waals surface area contributed by atoms with Gasteiger partial charge in [0.2, 0.25) is 11.8 Å². The second kappa shape index (κ2) is 12.0. The summed E-state index contributed by atoms with van der Waals surface area (Å²) in [6, 6.07) is 19.0. The van der Waals surface area contributed by atoms with Gasteiger partial charge in [-0.3, -0.25) is 9.59 Å². The predicted octanol–water partition coefficient (Wildman–Crippen LogP) is 6.61. The molecule has 0 aliphatic rings. The number of para-hydroxylation sites is 1. The number of nitrogens with zero attached hydrogens (tertiary/aromatic N) is 2. The quantitative estimate of drug-likeness (QED) is 0.336. The molecular formula is C32H44N4O2. The number of hydrogen-bond donors (Lipinski definition) is 2. The third-order valence-electron chi connectivity index (χ3n) is 6.50. The van der Waals surface area contributed by atoms with E-state index in [4.69, 9.17) is 5.10 Å². The molecule has 0 radical (unpaired) electrons. The highest BCUT2D eigenvalue weighted by Gasteiger charge is 2.27. The van der Waals surface area contributed by atoms with Gasteiger partial charge in [-0.1, -0.05) is 97.0 Å². The first-order valence-corrected chi connectivity index (χ1v) is 13.5. The molecule has 0 aliphatic heterocycles. The minimum Gasteiger partial charge on any atom is -0.344 e. The highest BCUT2D eigenvalue weighted by atomic mass is 16.2. The summed E-state index contributed by atoms with van der Waals surface area (Å²) in [6.45, 7) is 16.9. The van der Waals surface area contributed by atoms with Crippen molar-refractivity contribution in [1.29, 1.82) is 0 Å². The van der Waals surface area contributed by atoms with E-state index < -0.39 is 6.04 Å². The van der Waals surface area contributed by atoms with Crippen LogP contribution in [0, 0.1) is 18.3 Å². The van der Waals surface area contributed by atoms with Crippen LogP contribution < -0.4 is 10.6 Å². The van der Waals surface area contributed by atoms with Gasteiger partial charge in [-0.2, -0.15) is 5.10 Å². The van der Waals surface area contributed by atoms with Gasteiger partial charge < -0.3 is 10.6 Å². The molecule has 1 aromatic heterocycles. The lowest BCUT2D eigenvalue weighted by Crippen LogP contribution is -2.46. The fraction of sp³-hybridized carbons (Fsp3) is 0.469. The van der Waals surface area contributed by atoms with Crippen LogP contribution in [0.2, 0.25) is 0 Å². The predicted molar refractivity (Wildman–Crippen MR) is 156 cm³/mol. The monoisotopic (exact) mass is 516 g/mol. The van der Waals surface area contributed by atoms with E-state index in [-0.39, 0.29) is 28.6 Å². The standard InChI is InChI=1S/C32H44N4O2/c1-22(21-31(3,4)5)18-29(37)33-25(19-24-15-10-9-11-16-24)30(38)34-28-20-27(32(6,7)8)35-36(28)26-17-13-12-14-23(26)2/h9-17,20,22,25H,18-19,21H2,1-8H3,(H,33,37)(H,34,38). The summed E-state index contributed by atoms with van der Waals surface area (Å²) in [5, 5.41) is 11.0. The Morgan fingerprint density at radius 2 is 1.58 bits per heavy atom. The van der Waals surface area contributed by atoms with Crippen molar-refractivity contribution in [3.8, 4) is 5.69 Å². The fourth-order valence-corrected chi connectivity index (χ4v) is 4.78. The van der Waals surface area contributed by atoms with Gasteiger partial charge in [0, 0.05) is 24.3 Å². The largest absolute Gasteiger partial charge is 0.344 e. The Bertz CT molecular complexity index is 1230. The fourth-order valence-electron chi connectivity index (χ4n) is 4.78. The summed E-state index contributed by atoms with van der Waals surface area (Å²) in [7, 11) is 0. The van der Waals surface area contributed by atoms with E-state index in [0.717, 1.165) is 28.9 Å². The summed E-state index contributed by atoms with van der Waals surface area (Å²) >= 11 is 0. The van der Waals surface area contributed by atoms with E-state index in [1.807, 2.05) is 67.6 Å². The molecule has 38 heavy (non-hydrogen) atoms. The number of nitrogens with one attached hydrogen (secondary N) is 2. The molecule has 2 amide bonds. The van der Waals surface area contributed by atoms with E-state index >= 15 is 0 Å². The third kappa shape index (κ3) is 8.30. The molecule has 6 heteroatoms. The Morgan fingerprint density at radius 1 is 0.947 bits per heavy atom. The van der Waals surface area contributed by atoms with Crippen LogP contribution in [0.1, 0.15) is 78.1 Å². The summed E-state index contributed by atoms with van der Waals surface area (Å²) in [6.07, 6.45) is 1.71. The van der Waals surface area contributed by atoms with Gasteiger partial charge in [-0.15, -0.1) is 0 Å². The maximum Gasteiger partial charge on any atom is 0.248 e. The number of carbonyl (C=O) groups is 2. The van der Waals surface area contributed by atoms with E-state index in [1.165, 1.54) is 0 Å². The molecule has 2 unspecified atom stereocenters. The van der Waals surface area contributed by atoms with Crippen LogP contribution in [0.15, 0.2) is 60.7 Å². The number of aromatic nitrogens is 2. The van der Waals surface area contributed by atoms with Gasteiger partial charge in [0.05, 0.1) is 11.4 Å².